The third kappa shape index (κ3) is 3.83. The van der Waals surface area contributed by atoms with E-state index in [1.807, 2.05) is 17.5 Å². The van der Waals surface area contributed by atoms with Gasteiger partial charge in [0.15, 0.2) is 0 Å². The minimum absolute atomic E-state index is 0.219. The molecule has 24 heavy (non-hydrogen) atoms. The lowest BCUT2D eigenvalue weighted by Crippen LogP contribution is -2.21. The number of rotatable bonds is 5. The van der Waals surface area contributed by atoms with Crippen molar-refractivity contribution in [1.29, 1.82) is 0 Å². The van der Waals surface area contributed by atoms with Gasteiger partial charge in [0.25, 0.3) is 0 Å². The highest BCUT2D eigenvalue weighted by molar-refractivity contribution is 7.10. The molecule has 2 aromatic rings. The van der Waals surface area contributed by atoms with E-state index in [1.165, 1.54) is 12.1 Å². The summed E-state index contributed by atoms with van der Waals surface area (Å²) in [6.45, 7) is 1.74. The standard InChI is InChI=1S/C18H18N2O3S/c21-17(8-6-14-4-3-11-24-14)19-13-5-7-16(15(12-13)18(22)23)20-9-1-2-10-20/h3-8,11-12H,1-2,9-10H2,(H,19,21)(H,22,23)/b8-6+. The SMILES string of the molecule is O=C(/C=C/c1cccs1)Nc1ccc(N2CCCC2)c(C(=O)O)c1. The maximum absolute atomic E-state index is 12.0. The molecule has 1 fully saturated rings. The molecule has 1 amide bonds. The highest BCUT2D eigenvalue weighted by Gasteiger charge is 2.19. The second kappa shape index (κ2) is 7.31. The summed E-state index contributed by atoms with van der Waals surface area (Å²) in [6.07, 6.45) is 5.33. The van der Waals surface area contributed by atoms with E-state index >= 15 is 0 Å². The van der Waals surface area contributed by atoms with Crippen molar-refractivity contribution in [2.45, 2.75) is 12.8 Å². The van der Waals surface area contributed by atoms with Crippen LogP contribution >= 0.6 is 11.3 Å². The maximum Gasteiger partial charge on any atom is 0.337 e. The topological polar surface area (TPSA) is 69.6 Å². The van der Waals surface area contributed by atoms with E-state index in [2.05, 4.69) is 10.2 Å². The van der Waals surface area contributed by atoms with Gasteiger partial charge in [0.05, 0.1) is 11.3 Å². The zero-order valence-electron chi connectivity index (χ0n) is 13.1. The first-order chi connectivity index (χ1) is 11.6. The molecule has 1 aliphatic rings. The van der Waals surface area contributed by atoms with Crippen molar-refractivity contribution in [3.05, 3.63) is 52.2 Å². The van der Waals surface area contributed by atoms with Crippen LogP contribution in [0, 0.1) is 0 Å². The lowest BCUT2D eigenvalue weighted by molar-refractivity contribution is -0.111. The van der Waals surface area contributed by atoms with Crippen LogP contribution in [0.2, 0.25) is 0 Å². The first kappa shape index (κ1) is 16.3. The molecule has 0 radical (unpaired) electrons. The van der Waals surface area contributed by atoms with Crippen LogP contribution in [0.15, 0.2) is 41.8 Å². The molecule has 124 valence electrons. The summed E-state index contributed by atoms with van der Waals surface area (Å²) in [6, 6.07) is 8.87. The Morgan fingerprint density at radius 2 is 2.00 bits per heavy atom. The van der Waals surface area contributed by atoms with E-state index in [-0.39, 0.29) is 11.5 Å². The van der Waals surface area contributed by atoms with Crippen molar-refractivity contribution in [2.75, 3.05) is 23.3 Å². The van der Waals surface area contributed by atoms with Crippen LogP contribution in [0.25, 0.3) is 6.08 Å². The fourth-order valence-corrected chi connectivity index (χ4v) is 3.36. The van der Waals surface area contributed by atoms with E-state index in [0.29, 0.717) is 11.4 Å². The smallest absolute Gasteiger partial charge is 0.337 e. The Bertz CT molecular complexity index is 763. The molecule has 0 bridgehead atoms. The number of carboxylic acids is 1. The van der Waals surface area contributed by atoms with Crippen LogP contribution < -0.4 is 10.2 Å². The first-order valence-corrected chi connectivity index (χ1v) is 8.66. The molecular formula is C18H18N2O3S. The number of benzene rings is 1. The predicted molar refractivity (Wildman–Crippen MR) is 96.8 cm³/mol. The number of amides is 1. The molecule has 5 nitrogen and oxygen atoms in total. The molecule has 6 heteroatoms. The lowest BCUT2D eigenvalue weighted by atomic mass is 10.1. The summed E-state index contributed by atoms with van der Waals surface area (Å²) in [7, 11) is 0. The van der Waals surface area contributed by atoms with Gasteiger partial charge in [-0.15, -0.1) is 11.3 Å². The summed E-state index contributed by atoms with van der Waals surface area (Å²) in [4.78, 5) is 26.6. The quantitative estimate of drug-likeness (QED) is 0.813. The van der Waals surface area contributed by atoms with Gasteiger partial charge < -0.3 is 15.3 Å². The van der Waals surface area contributed by atoms with Crippen LogP contribution in [0.1, 0.15) is 28.1 Å². The molecule has 3 rings (SSSR count). The summed E-state index contributed by atoms with van der Waals surface area (Å²) in [5.74, 6) is -1.27. The Kier molecular flexibility index (Phi) is 4.96. The first-order valence-electron chi connectivity index (χ1n) is 7.78. The Labute approximate surface area is 144 Å². The highest BCUT2D eigenvalue weighted by Crippen LogP contribution is 2.27. The van der Waals surface area contributed by atoms with Gasteiger partial charge in [0.2, 0.25) is 5.91 Å². The molecule has 0 atom stereocenters. The average molecular weight is 342 g/mol. The molecule has 1 saturated heterocycles. The average Bonchev–Trinajstić information content (AvgIpc) is 3.26. The molecule has 2 heterocycles. The summed E-state index contributed by atoms with van der Waals surface area (Å²) in [5, 5.41) is 14.1. The fraction of sp³-hybridized carbons (Fsp3) is 0.222. The fourth-order valence-electron chi connectivity index (χ4n) is 2.75. The molecule has 0 unspecified atom stereocenters. The van der Waals surface area contributed by atoms with E-state index in [9.17, 15) is 14.7 Å². The van der Waals surface area contributed by atoms with E-state index in [4.69, 9.17) is 0 Å². The predicted octanol–water partition coefficient (Wildman–Crippen LogP) is 3.70. The molecule has 0 aliphatic carbocycles. The van der Waals surface area contributed by atoms with Crippen LogP contribution in [-0.4, -0.2) is 30.1 Å². The molecule has 1 aliphatic heterocycles. The normalized spacial score (nSPS) is 14.2. The van der Waals surface area contributed by atoms with Gasteiger partial charge in [0, 0.05) is 29.7 Å². The number of aromatic carboxylic acids is 1. The Morgan fingerprint density at radius 1 is 1.21 bits per heavy atom. The summed E-state index contributed by atoms with van der Waals surface area (Å²) in [5.41, 5.74) is 1.42. The summed E-state index contributed by atoms with van der Waals surface area (Å²) >= 11 is 1.54. The number of carboxylic acid groups (broad SMARTS) is 1. The monoisotopic (exact) mass is 342 g/mol. The number of carbonyl (C=O) groups excluding carboxylic acids is 1. The molecule has 0 saturated carbocycles. The van der Waals surface area contributed by atoms with Crippen molar-refractivity contribution in [1.82, 2.24) is 0 Å². The van der Waals surface area contributed by atoms with Crippen molar-refractivity contribution >= 4 is 40.7 Å². The Hall–Kier alpha value is -2.60. The number of hydrogen-bond donors (Lipinski definition) is 2. The van der Waals surface area contributed by atoms with E-state index in [1.54, 1.807) is 29.5 Å². The van der Waals surface area contributed by atoms with Crippen molar-refractivity contribution in [2.24, 2.45) is 0 Å². The van der Waals surface area contributed by atoms with E-state index in [0.717, 1.165) is 30.8 Å². The maximum atomic E-state index is 12.0. The number of nitrogens with zero attached hydrogens (tertiary/aromatic N) is 1. The van der Waals surface area contributed by atoms with Crippen LogP contribution in [0.5, 0.6) is 0 Å². The molecular weight excluding hydrogens is 324 g/mol. The number of carbonyl (C=O) groups is 2. The van der Waals surface area contributed by atoms with E-state index < -0.39 is 5.97 Å². The number of anilines is 2. The van der Waals surface area contributed by atoms with Gasteiger partial charge >= 0.3 is 5.97 Å². The molecule has 1 aromatic heterocycles. The Balaban J connectivity index is 1.75. The number of nitrogens with one attached hydrogen (secondary N) is 1. The van der Waals surface area contributed by atoms with Crippen LogP contribution in [0.4, 0.5) is 11.4 Å². The largest absolute Gasteiger partial charge is 0.478 e. The molecule has 1 aromatic carbocycles. The highest BCUT2D eigenvalue weighted by atomic mass is 32.1. The van der Waals surface area contributed by atoms with Gasteiger partial charge in [-0.05, 0) is 48.6 Å². The van der Waals surface area contributed by atoms with Gasteiger partial charge in [0.1, 0.15) is 0 Å². The van der Waals surface area contributed by atoms with Crippen molar-refractivity contribution in [3.8, 4) is 0 Å². The zero-order valence-corrected chi connectivity index (χ0v) is 13.9. The van der Waals surface area contributed by atoms with Gasteiger partial charge in [-0.3, -0.25) is 4.79 Å². The Morgan fingerprint density at radius 3 is 2.67 bits per heavy atom. The minimum atomic E-state index is -0.984. The third-order valence-electron chi connectivity index (χ3n) is 3.88. The van der Waals surface area contributed by atoms with Crippen molar-refractivity contribution in [3.63, 3.8) is 0 Å². The number of hydrogen-bond acceptors (Lipinski definition) is 4. The molecule has 2 N–H and O–H groups in total. The minimum Gasteiger partial charge on any atom is -0.478 e. The third-order valence-corrected chi connectivity index (χ3v) is 4.72. The molecule has 0 spiro atoms. The van der Waals surface area contributed by atoms with Gasteiger partial charge in [-0.25, -0.2) is 4.79 Å². The van der Waals surface area contributed by atoms with Crippen molar-refractivity contribution < 1.29 is 14.7 Å². The number of thiophene rings is 1. The van der Waals surface area contributed by atoms with Gasteiger partial charge in [-0.2, -0.15) is 0 Å². The second-order valence-electron chi connectivity index (χ2n) is 5.57. The van der Waals surface area contributed by atoms with Crippen LogP contribution in [0.3, 0.4) is 0 Å². The second-order valence-corrected chi connectivity index (χ2v) is 6.55. The van der Waals surface area contributed by atoms with Gasteiger partial charge in [-0.1, -0.05) is 6.07 Å². The van der Waals surface area contributed by atoms with Crippen LogP contribution in [-0.2, 0) is 4.79 Å². The zero-order chi connectivity index (χ0) is 16.9. The lowest BCUT2D eigenvalue weighted by Gasteiger charge is -2.20. The summed E-state index contributed by atoms with van der Waals surface area (Å²) < 4.78 is 0.